The SMILES string of the molecule is N#Cc1ccc(C(C2=CCC(C#N)C=C2)n2cncn2)cc1. The molecule has 2 aromatic rings. The fourth-order valence-electron chi connectivity index (χ4n) is 2.52. The highest BCUT2D eigenvalue weighted by Gasteiger charge is 2.20. The molecule has 3 rings (SSSR count). The van der Waals surface area contributed by atoms with Crippen LogP contribution in [0.15, 0.2) is 60.7 Å². The standard InChI is InChI=1S/C17H13N5/c18-9-13-1-5-15(6-2-13)17(22-12-20-11-21-22)16-7-3-14(10-19)4-8-16/h1-3,5-8,11-12,14,17H,4H2. The fourth-order valence-corrected chi connectivity index (χ4v) is 2.52. The molecule has 1 aromatic heterocycles. The molecule has 2 unspecified atom stereocenters. The maximum absolute atomic E-state index is 8.99. The number of nitrogens with zero attached hydrogens (tertiary/aromatic N) is 5. The molecule has 0 N–H and O–H groups in total. The highest BCUT2D eigenvalue weighted by molar-refractivity contribution is 5.40. The summed E-state index contributed by atoms with van der Waals surface area (Å²) >= 11 is 0. The van der Waals surface area contributed by atoms with Crippen molar-refractivity contribution in [1.82, 2.24) is 14.8 Å². The lowest BCUT2D eigenvalue weighted by molar-refractivity contribution is 0.586. The Morgan fingerprint density at radius 2 is 2.05 bits per heavy atom. The summed E-state index contributed by atoms with van der Waals surface area (Å²) in [5, 5.41) is 22.2. The summed E-state index contributed by atoms with van der Waals surface area (Å²) in [7, 11) is 0. The molecule has 0 spiro atoms. The number of hydrogen-bond donors (Lipinski definition) is 0. The van der Waals surface area contributed by atoms with Gasteiger partial charge in [0.25, 0.3) is 0 Å². The minimum Gasteiger partial charge on any atom is -0.241 e. The number of benzene rings is 1. The van der Waals surface area contributed by atoms with Crippen LogP contribution < -0.4 is 0 Å². The van der Waals surface area contributed by atoms with Crippen LogP contribution in [-0.2, 0) is 0 Å². The van der Waals surface area contributed by atoms with Gasteiger partial charge in [0.05, 0.1) is 23.6 Å². The highest BCUT2D eigenvalue weighted by atomic mass is 15.3. The Morgan fingerprint density at radius 3 is 2.59 bits per heavy atom. The number of hydrogen-bond acceptors (Lipinski definition) is 4. The average molecular weight is 287 g/mol. The van der Waals surface area contributed by atoms with Gasteiger partial charge in [-0.05, 0) is 29.7 Å². The highest BCUT2D eigenvalue weighted by Crippen LogP contribution is 2.30. The summed E-state index contributed by atoms with van der Waals surface area (Å²) in [6.45, 7) is 0. The van der Waals surface area contributed by atoms with E-state index in [0.717, 1.165) is 11.1 Å². The molecule has 1 heterocycles. The molecule has 1 aromatic carbocycles. The molecule has 0 bridgehead atoms. The second-order valence-electron chi connectivity index (χ2n) is 5.05. The van der Waals surface area contributed by atoms with E-state index in [1.165, 1.54) is 6.33 Å². The van der Waals surface area contributed by atoms with Crippen molar-refractivity contribution in [2.75, 3.05) is 0 Å². The third-order valence-electron chi connectivity index (χ3n) is 3.67. The first-order chi connectivity index (χ1) is 10.8. The molecule has 0 fully saturated rings. The number of allylic oxidation sites excluding steroid dienone is 4. The zero-order chi connectivity index (χ0) is 15.4. The van der Waals surface area contributed by atoms with Crippen LogP contribution in [0.2, 0.25) is 0 Å². The molecule has 5 heteroatoms. The van der Waals surface area contributed by atoms with E-state index in [-0.39, 0.29) is 12.0 Å². The first-order valence-corrected chi connectivity index (χ1v) is 6.94. The number of rotatable bonds is 3. The van der Waals surface area contributed by atoms with Crippen LogP contribution >= 0.6 is 0 Å². The van der Waals surface area contributed by atoms with E-state index in [9.17, 15) is 0 Å². The van der Waals surface area contributed by atoms with Gasteiger partial charge >= 0.3 is 0 Å². The van der Waals surface area contributed by atoms with Gasteiger partial charge in [0, 0.05) is 0 Å². The Labute approximate surface area is 128 Å². The van der Waals surface area contributed by atoms with Crippen LogP contribution in [0, 0.1) is 28.6 Å². The molecular formula is C17H13N5. The summed E-state index contributed by atoms with van der Waals surface area (Å²) in [6.07, 6.45) is 9.84. The van der Waals surface area contributed by atoms with Crippen LogP contribution in [0.5, 0.6) is 0 Å². The van der Waals surface area contributed by atoms with Crippen molar-refractivity contribution in [3.63, 3.8) is 0 Å². The van der Waals surface area contributed by atoms with E-state index >= 15 is 0 Å². The minimum absolute atomic E-state index is 0.0684. The van der Waals surface area contributed by atoms with Crippen molar-refractivity contribution in [1.29, 1.82) is 10.5 Å². The molecule has 5 nitrogen and oxygen atoms in total. The van der Waals surface area contributed by atoms with Gasteiger partial charge in [-0.3, -0.25) is 0 Å². The molecule has 0 aliphatic heterocycles. The van der Waals surface area contributed by atoms with Crippen molar-refractivity contribution in [2.24, 2.45) is 5.92 Å². The minimum atomic E-state index is -0.105. The zero-order valence-electron chi connectivity index (χ0n) is 11.8. The Morgan fingerprint density at radius 1 is 1.23 bits per heavy atom. The van der Waals surface area contributed by atoms with Gasteiger partial charge in [0.1, 0.15) is 18.7 Å². The predicted octanol–water partition coefficient (Wildman–Crippen LogP) is 2.77. The number of nitriles is 2. The molecule has 0 saturated heterocycles. The molecule has 0 saturated carbocycles. The monoisotopic (exact) mass is 287 g/mol. The van der Waals surface area contributed by atoms with Gasteiger partial charge in [-0.25, -0.2) is 9.67 Å². The third kappa shape index (κ3) is 2.65. The van der Waals surface area contributed by atoms with E-state index in [1.54, 1.807) is 23.1 Å². The summed E-state index contributed by atoms with van der Waals surface area (Å²) < 4.78 is 1.78. The molecule has 106 valence electrons. The van der Waals surface area contributed by atoms with Crippen LogP contribution in [0.1, 0.15) is 23.6 Å². The van der Waals surface area contributed by atoms with E-state index in [2.05, 4.69) is 28.3 Å². The van der Waals surface area contributed by atoms with Crippen molar-refractivity contribution in [2.45, 2.75) is 12.5 Å². The van der Waals surface area contributed by atoms with Crippen molar-refractivity contribution in [3.8, 4) is 12.1 Å². The summed E-state index contributed by atoms with van der Waals surface area (Å²) in [6, 6.07) is 11.7. The van der Waals surface area contributed by atoms with Crippen molar-refractivity contribution >= 4 is 0 Å². The lowest BCUT2D eigenvalue weighted by Gasteiger charge is -2.21. The first kappa shape index (κ1) is 13.8. The topological polar surface area (TPSA) is 78.3 Å². The Bertz CT molecular complexity index is 785. The molecule has 0 amide bonds. The molecule has 0 radical (unpaired) electrons. The smallest absolute Gasteiger partial charge is 0.137 e. The fraction of sp³-hybridized carbons (Fsp3) is 0.176. The van der Waals surface area contributed by atoms with E-state index in [4.69, 9.17) is 10.5 Å². The lowest BCUT2D eigenvalue weighted by Crippen LogP contribution is -2.15. The predicted molar refractivity (Wildman–Crippen MR) is 80.3 cm³/mol. The largest absolute Gasteiger partial charge is 0.241 e. The maximum atomic E-state index is 8.99. The van der Waals surface area contributed by atoms with Crippen molar-refractivity contribution < 1.29 is 0 Å². The first-order valence-electron chi connectivity index (χ1n) is 6.94. The molecule has 1 aliphatic carbocycles. The normalized spacial score (nSPS) is 18.1. The van der Waals surface area contributed by atoms with Gasteiger partial charge in [-0.15, -0.1) is 0 Å². The Hall–Kier alpha value is -3.18. The average Bonchev–Trinajstić information content (AvgIpc) is 3.10. The molecule has 1 aliphatic rings. The zero-order valence-corrected chi connectivity index (χ0v) is 11.8. The third-order valence-corrected chi connectivity index (χ3v) is 3.67. The number of aromatic nitrogens is 3. The van der Waals surface area contributed by atoms with Gasteiger partial charge < -0.3 is 0 Å². The van der Waals surface area contributed by atoms with E-state index in [0.29, 0.717) is 12.0 Å². The summed E-state index contributed by atoms with van der Waals surface area (Å²) in [5.74, 6) is -0.0684. The van der Waals surface area contributed by atoms with Gasteiger partial charge in [-0.1, -0.05) is 30.4 Å². The molecule has 2 atom stereocenters. The van der Waals surface area contributed by atoms with Crippen LogP contribution in [0.4, 0.5) is 0 Å². The summed E-state index contributed by atoms with van der Waals surface area (Å²) in [4.78, 5) is 4.02. The van der Waals surface area contributed by atoms with Crippen molar-refractivity contribution in [3.05, 3.63) is 71.8 Å². The second kappa shape index (κ2) is 6.07. The van der Waals surface area contributed by atoms with E-state index < -0.39 is 0 Å². The quantitative estimate of drug-likeness (QED) is 0.869. The lowest BCUT2D eigenvalue weighted by atomic mass is 9.90. The molecule has 22 heavy (non-hydrogen) atoms. The van der Waals surface area contributed by atoms with Gasteiger partial charge in [0.15, 0.2) is 0 Å². The maximum Gasteiger partial charge on any atom is 0.137 e. The van der Waals surface area contributed by atoms with Gasteiger partial charge in [-0.2, -0.15) is 15.6 Å². The second-order valence-corrected chi connectivity index (χ2v) is 5.05. The van der Waals surface area contributed by atoms with Crippen LogP contribution in [0.25, 0.3) is 0 Å². The van der Waals surface area contributed by atoms with Gasteiger partial charge in [0.2, 0.25) is 0 Å². The van der Waals surface area contributed by atoms with Crippen LogP contribution in [-0.4, -0.2) is 14.8 Å². The molecular weight excluding hydrogens is 274 g/mol. The van der Waals surface area contributed by atoms with E-state index in [1.807, 2.05) is 24.3 Å². The summed E-state index contributed by atoms with van der Waals surface area (Å²) in [5.41, 5.74) is 2.72. The van der Waals surface area contributed by atoms with Crippen LogP contribution in [0.3, 0.4) is 0 Å². The Kier molecular flexibility index (Phi) is 3.80. The Balaban J connectivity index is 1.99.